The van der Waals surface area contributed by atoms with Crippen LogP contribution >= 0.6 is 11.6 Å². The maximum atomic E-state index is 13.9. The summed E-state index contributed by atoms with van der Waals surface area (Å²) < 4.78 is 20.6. The largest absolute Gasteiger partial charge is 0.381 e. The topological polar surface area (TPSA) is 56.1 Å². The normalized spacial score (nSPS) is 15.8. The van der Waals surface area contributed by atoms with Crippen LogP contribution in [0.15, 0.2) is 65.6 Å². The van der Waals surface area contributed by atoms with Crippen molar-refractivity contribution in [3.8, 4) is 5.69 Å². The Balaban J connectivity index is 1.61. The molecular formula is C22H21ClFN3O2. The van der Waals surface area contributed by atoms with E-state index in [-0.39, 0.29) is 16.3 Å². The number of para-hydroxylation sites is 1. The van der Waals surface area contributed by atoms with Crippen molar-refractivity contribution in [3.63, 3.8) is 0 Å². The summed E-state index contributed by atoms with van der Waals surface area (Å²) in [7, 11) is 0. The molecule has 7 heteroatoms. The van der Waals surface area contributed by atoms with Gasteiger partial charge in [0.25, 0.3) is 5.56 Å². The Kier molecular flexibility index (Phi) is 5.65. The maximum absolute atomic E-state index is 13.9. The average molecular weight is 414 g/mol. The van der Waals surface area contributed by atoms with Crippen molar-refractivity contribution >= 4 is 17.3 Å². The third-order valence-electron chi connectivity index (χ3n) is 5.42. The number of nitrogens with zero attached hydrogens (tertiary/aromatic N) is 2. The van der Waals surface area contributed by atoms with E-state index in [2.05, 4.69) is 10.4 Å². The zero-order valence-electron chi connectivity index (χ0n) is 15.8. The molecule has 0 atom stereocenters. The van der Waals surface area contributed by atoms with E-state index in [9.17, 15) is 9.18 Å². The molecule has 1 aromatic heterocycles. The molecule has 2 heterocycles. The molecule has 0 radical (unpaired) electrons. The molecule has 1 aliphatic heterocycles. The summed E-state index contributed by atoms with van der Waals surface area (Å²) in [4.78, 5) is 12.7. The first kappa shape index (κ1) is 19.6. The zero-order valence-corrected chi connectivity index (χ0v) is 16.5. The van der Waals surface area contributed by atoms with E-state index in [1.807, 2.05) is 24.3 Å². The molecule has 5 nitrogen and oxygen atoms in total. The van der Waals surface area contributed by atoms with Crippen molar-refractivity contribution in [1.82, 2.24) is 9.78 Å². The van der Waals surface area contributed by atoms with Gasteiger partial charge in [-0.2, -0.15) is 9.78 Å². The second kappa shape index (κ2) is 8.35. The molecule has 1 saturated heterocycles. The van der Waals surface area contributed by atoms with Gasteiger partial charge in [0, 0.05) is 25.2 Å². The lowest BCUT2D eigenvalue weighted by Gasteiger charge is -2.38. The highest BCUT2D eigenvalue weighted by molar-refractivity contribution is 6.32. The molecule has 0 saturated carbocycles. The number of nitrogens with one attached hydrogen (secondary N) is 1. The molecule has 29 heavy (non-hydrogen) atoms. The maximum Gasteiger partial charge on any atom is 0.292 e. The molecule has 3 aromatic rings. The van der Waals surface area contributed by atoms with Crippen molar-refractivity contribution in [1.29, 1.82) is 0 Å². The van der Waals surface area contributed by atoms with Crippen molar-refractivity contribution < 1.29 is 9.13 Å². The Labute approximate surface area is 173 Å². The van der Waals surface area contributed by atoms with Gasteiger partial charge in [-0.1, -0.05) is 41.9 Å². The first-order chi connectivity index (χ1) is 14.1. The minimum absolute atomic E-state index is 0.0744. The van der Waals surface area contributed by atoms with Gasteiger partial charge in [0.15, 0.2) is 0 Å². The lowest BCUT2D eigenvalue weighted by molar-refractivity contribution is 0.0543. The molecular weight excluding hydrogens is 393 g/mol. The number of benzene rings is 2. The zero-order chi connectivity index (χ0) is 20.3. The summed E-state index contributed by atoms with van der Waals surface area (Å²) >= 11 is 6.36. The summed E-state index contributed by atoms with van der Waals surface area (Å²) in [5.74, 6) is -0.265. The van der Waals surface area contributed by atoms with Crippen LogP contribution in [0.25, 0.3) is 5.69 Å². The van der Waals surface area contributed by atoms with E-state index in [1.165, 1.54) is 10.7 Å². The van der Waals surface area contributed by atoms with E-state index in [0.29, 0.717) is 31.1 Å². The number of anilines is 1. The second-order valence-corrected chi connectivity index (χ2v) is 7.56. The second-order valence-electron chi connectivity index (χ2n) is 7.18. The molecule has 1 N–H and O–H groups in total. The Morgan fingerprint density at radius 1 is 1.14 bits per heavy atom. The fourth-order valence-corrected chi connectivity index (χ4v) is 3.92. The first-order valence-electron chi connectivity index (χ1n) is 9.50. The molecule has 0 amide bonds. The van der Waals surface area contributed by atoms with Gasteiger partial charge in [0.2, 0.25) is 0 Å². The predicted molar refractivity (Wildman–Crippen MR) is 111 cm³/mol. The van der Waals surface area contributed by atoms with Crippen LogP contribution in [-0.4, -0.2) is 29.5 Å². The number of aromatic nitrogens is 2. The molecule has 0 bridgehead atoms. The number of hydrogen-bond acceptors (Lipinski definition) is 4. The Hall–Kier alpha value is -2.70. The quantitative estimate of drug-likeness (QED) is 0.681. The monoisotopic (exact) mass is 413 g/mol. The summed E-state index contributed by atoms with van der Waals surface area (Å²) in [6.45, 7) is 1.69. The Morgan fingerprint density at radius 3 is 2.62 bits per heavy atom. The highest BCUT2D eigenvalue weighted by Crippen LogP contribution is 2.36. The standard InChI is InChI=1S/C22H21ClFN3O2/c23-20-19(14-26-27(21(20)28)18-7-2-1-3-8-18)25-15-22(9-11-29-12-10-22)16-5-4-6-17(24)13-16/h1-8,13-14,25H,9-12,15H2. The van der Waals surface area contributed by atoms with E-state index < -0.39 is 5.56 Å². The van der Waals surface area contributed by atoms with Crippen LogP contribution in [0.1, 0.15) is 18.4 Å². The van der Waals surface area contributed by atoms with Gasteiger partial charge >= 0.3 is 0 Å². The van der Waals surface area contributed by atoms with E-state index in [1.54, 1.807) is 30.5 Å². The van der Waals surface area contributed by atoms with E-state index in [4.69, 9.17) is 16.3 Å². The first-order valence-corrected chi connectivity index (χ1v) is 9.88. The smallest absolute Gasteiger partial charge is 0.292 e. The van der Waals surface area contributed by atoms with Gasteiger partial charge in [0.1, 0.15) is 10.8 Å². The molecule has 0 aliphatic carbocycles. The summed E-state index contributed by atoms with van der Waals surface area (Å²) in [5, 5.41) is 7.60. The van der Waals surface area contributed by atoms with Gasteiger partial charge in [-0.25, -0.2) is 4.39 Å². The molecule has 150 valence electrons. The molecule has 1 fully saturated rings. The number of ether oxygens (including phenoxy) is 1. The van der Waals surface area contributed by atoms with Crippen molar-refractivity contribution in [2.45, 2.75) is 18.3 Å². The van der Waals surface area contributed by atoms with Crippen LogP contribution in [0.2, 0.25) is 5.02 Å². The SMILES string of the molecule is O=c1c(Cl)c(NCC2(c3cccc(F)c3)CCOCC2)cnn1-c1ccccc1. The van der Waals surface area contributed by atoms with Crippen LogP contribution in [0.5, 0.6) is 0 Å². The van der Waals surface area contributed by atoms with Crippen molar-refractivity contribution in [2.75, 3.05) is 25.1 Å². The summed E-state index contributed by atoms with van der Waals surface area (Å²) in [6, 6.07) is 15.8. The third-order valence-corrected chi connectivity index (χ3v) is 5.79. The predicted octanol–water partition coefficient (Wildman–Crippen LogP) is 4.19. The fraction of sp³-hybridized carbons (Fsp3) is 0.273. The lowest BCUT2D eigenvalue weighted by atomic mass is 9.74. The third kappa shape index (κ3) is 4.04. The molecule has 0 unspecified atom stereocenters. The van der Waals surface area contributed by atoms with Crippen LogP contribution < -0.4 is 10.9 Å². The van der Waals surface area contributed by atoms with Crippen LogP contribution in [-0.2, 0) is 10.2 Å². The number of halogens is 2. The van der Waals surface area contributed by atoms with Gasteiger partial charge < -0.3 is 10.1 Å². The lowest BCUT2D eigenvalue weighted by Crippen LogP contribution is -2.40. The van der Waals surface area contributed by atoms with Gasteiger partial charge in [-0.3, -0.25) is 4.79 Å². The number of rotatable bonds is 5. The highest BCUT2D eigenvalue weighted by Gasteiger charge is 2.35. The van der Waals surface area contributed by atoms with E-state index >= 15 is 0 Å². The average Bonchev–Trinajstić information content (AvgIpc) is 2.76. The van der Waals surface area contributed by atoms with Gasteiger partial charge in [0.05, 0.1) is 17.6 Å². The van der Waals surface area contributed by atoms with Crippen LogP contribution in [0, 0.1) is 5.82 Å². The van der Waals surface area contributed by atoms with Crippen LogP contribution in [0.4, 0.5) is 10.1 Å². The van der Waals surface area contributed by atoms with Crippen molar-refractivity contribution in [2.24, 2.45) is 0 Å². The van der Waals surface area contributed by atoms with Gasteiger partial charge in [-0.15, -0.1) is 0 Å². The van der Waals surface area contributed by atoms with Gasteiger partial charge in [-0.05, 0) is 42.7 Å². The fourth-order valence-electron chi connectivity index (χ4n) is 3.72. The van der Waals surface area contributed by atoms with Crippen LogP contribution in [0.3, 0.4) is 0 Å². The minimum Gasteiger partial charge on any atom is -0.381 e. The molecule has 1 aliphatic rings. The minimum atomic E-state index is -0.394. The number of hydrogen-bond donors (Lipinski definition) is 1. The summed E-state index contributed by atoms with van der Waals surface area (Å²) in [6.07, 6.45) is 3.04. The highest BCUT2D eigenvalue weighted by atomic mass is 35.5. The summed E-state index contributed by atoms with van der Waals surface area (Å²) in [5.41, 5.74) is 1.32. The molecule has 2 aromatic carbocycles. The Bertz CT molecular complexity index is 1050. The Morgan fingerprint density at radius 2 is 1.90 bits per heavy atom. The molecule has 4 rings (SSSR count). The van der Waals surface area contributed by atoms with Crippen molar-refractivity contribution in [3.05, 3.63) is 87.6 Å². The van der Waals surface area contributed by atoms with E-state index in [0.717, 1.165) is 18.4 Å². The molecule has 0 spiro atoms.